The zero-order valence-corrected chi connectivity index (χ0v) is 16.4. The molecule has 3 N–H and O–H groups in total. The first-order valence-electron chi connectivity index (χ1n) is 9.74. The molecule has 2 heterocycles. The van der Waals surface area contributed by atoms with Crippen molar-refractivity contribution in [2.75, 3.05) is 42.3 Å². The molecular formula is C22H26N4O2. The molecule has 0 aliphatic carbocycles. The Kier molecular flexibility index (Phi) is 4.71. The first kappa shape index (κ1) is 18.3. The van der Waals surface area contributed by atoms with Gasteiger partial charge in [-0.05, 0) is 48.2 Å². The van der Waals surface area contributed by atoms with Crippen LogP contribution in [0.2, 0.25) is 0 Å². The van der Waals surface area contributed by atoms with E-state index >= 15 is 0 Å². The Bertz CT molecular complexity index is 915. The Morgan fingerprint density at radius 1 is 1.14 bits per heavy atom. The molecule has 0 radical (unpaired) electrons. The van der Waals surface area contributed by atoms with E-state index in [1.807, 2.05) is 31.1 Å². The van der Waals surface area contributed by atoms with Crippen LogP contribution in [-0.2, 0) is 4.79 Å². The lowest BCUT2D eigenvalue weighted by Crippen LogP contribution is -2.27. The molecule has 2 aliphatic rings. The highest BCUT2D eigenvalue weighted by atomic mass is 16.2. The fourth-order valence-electron chi connectivity index (χ4n) is 4.22. The maximum absolute atomic E-state index is 12.4. The number of rotatable bonds is 4. The molecule has 0 saturated carbocycles. The molecule has 0 unspecified atom stereocenters. The van der Waals surface area contributed by atoms with E-state index in [9.17, 15) is 9.59 Å². The number of carbonyl (C=O) groups is 2. The van der Waals surface area contributed by atoms with Gasteiger partial charge in [0.05, 0.1) is 11.3 Å². The van der Waals surface area contributed by atoms with E-state index in [1.165, 1.54) is 0 Å². The maximum atomic E-state index is 12.4. The zero-order valence-electron chi connectivity index (χ0n) is 16.4. The third-order valence-electron chi connectivity index (χ3n) is 5.73. The summed E-state index contributed by atoms with van der Waals surface area (Å²) in [5, 5.41) is 2.99. The molecular weight excluding hydrogens is 352 g/mol. The van der Waals surface area contributed by atoms with Gasteiger partial charge in [-0.3, -0.25) is 9.59 Å². The van der Waals surface area contributed by atoms with Crippen LogP contribution in [0, 0.1) is 0 Å². The van der Waals surface area contributed by atoms with Crippen molar-refractivity contribution in [3.8, 4) is 0 Å². The van der Waals surface area contributed by atoms with E-state index in [0.717, 1.165) is 54.1 Å². The van der Waals surface area contributed by atoms with Gasteiger partial charge in [-0.15, -0.1) is 0 Å². The molecule has 2 aliphatic heterocycles. The van der Waals surface area contributed by atoms with Gasteiger partial charge in [0.15, 0.2) is 0 Å². The summed E-state index contributed by atoms with van der Waals surface area (Å²) < 4.78 is 0. The predicted octanol–water partition coefficient (Wildman–Crippen LogP) is 2.93. The smallest absolute Gasteiger partial charge is 0.250 e. The number of fused-ring (bicyclic) bond motifs is 1. The molecule has 1 saturated heterocycles. The number of amides is 2. The van der Waals surface area contributed by atoms with Gasteiger partial charge >= 0.3 is 0 Å². The summed E-state index contributed by atoms with van der Waals surface area (Å²) in [7, 11) is 3.99. The Balaban J connectivity index is 1.79. The van der Waals surface area contributed by atoms with Crippen LogP contribution < -0.4 is 20.9 Å². The van der Waals surface area contributed by atoms with Crippen molar-refractivity contribution in [2.45, 2.75) is 25.2 Å². The van der Waals surface area contributed by atoms with E-state index in [0.29, 0.717) is 12.0 Å². The lowest BCUT2D eigenvalue weighted by atomic mass is 9.83. The van der Waals surface area contributed by atoms with E-state index in [4.69, 9.17) is 5.73 Å². The van der Waals surface area contributed by atoms with Gasteiger partial charge in [-0.1, -0.05) is 12.1 Å². The molecule has 6 nitrogen and oxygen atoms in total. The molecule has 0 spiro atoms. The number of hydrogen-bond acceptors (Lipinski definition) is 4. The maximum Gasteiger partial charge on any atom is 0.250 e. The summed E-state index contributed by atoms with van der Waals surface area (Å²) in [5.74, 6) is -0.526. The van der Waals surface area contributed by atoms with Gasteiger partial charge in [0.2, 0.25) is 5.91 Å². The second-order valence-corrected chi connectivity index (χ2v) is 7.81. The van der Waals surface area contributed by atoms with Crippen molar-refractivity contribution in [3.63, 3.8) is 0 Å². The fraction of sp³-hybridized carbons (Fsp3) is 0.364. The minimum Gasteiger partial charge on any atom is -0.378 e. The average Bonchev–Trinajstić information content (AvgIpc) is 3.21. The number of benzene rings is 2. The highest BCUT2D eigenvalue weighted by Gasteiger charge is 2.30. The summed E-state index contributed by atoms with van der Waals surface area (Å²) in [6.45, 7) is 1.81. The van der Waals surface area contributed by atoms with Crippen LogP contribution in [0.1, 0.15) is 46.7 Å². The number of nitrogens with zero attached hydrogens (tertiary/aromatic N) is 2. The standard InChI is InChI=1S/C22H26N4O2/c1-25(2)15-7-5-14(6-8-15)16-12-21(27)24-19-13-20(26-9-3-4-10-26)18(22(23)28)11-17(16)19/h5-8,11,13,16H,3-4,9-10,12H2,1-2H3,(H2,23,28)(H,24,27)/t16-/m0/s1. The molecule has 2 aromatic rings. The van der Waals surface area contributed by atoms with Crippen LogP contribution in [0.4, 0.5) is 17.1 Å². The van der Waals surface area contributed by atoms with Crippen molar-refractivity contribution >= 4 is 28.9 Å². The quantitative estimate of drug-likeness (QED) is 0.857. The summed E-state index contributed by atoms with van der Waals surface area (Å²) >= 11 is 0. The summed E-state index contributed by atoms with van der Waals surface area (Å²) in [5.41, 5.74) is 11.0. The monoisotopic (exact) mass is 378 g/mol. The minimum atomic E-state index is -0.427. The molecule has 1 fully saturated rings. The molecule has 28 heavy (non-hydrogen) atoms. The van der Waals surface area contributed by atoms with E-state index < -0.39 is 5.91 Å². The molecule has 2 amide bonds. The van der Waals surface area contributed by atoms with Crippen LogP contribution >= 0.6 is 0 Å². The number of nitrogens with two attached hydrogens (primary N) is 1. The first-order valence-corrected chi connectivity index (χ1v) is 9.74. The third-order valence-corrected chi connectivity index (χ3v) is 5.73. The Morgan fingerprint density at radius 3 is 2.43 bits per heavy atom. The topological polar surface area (TPSA) is 78.7 Å². The number of carbonyl (C=O) groups excluding carboxylic acids is 2. The normalized spacial score (nSPS) is 18.6. The number of hydrogen-bond donors (Lipinski definition) is 2. The van der Waals surface area contributed by atoms with Gasteiger partial charge in [0, 0.05) is 50.9 Å². The van der Waals surface area contributed by atoms with Gasteiger partial charge in [-0.2, -0.15) is 0 Å². The molecule has 146 valence electrons. The molecule has 4 rings (SSSR count). The summed E-state index contributed by atoms with van der Waals surface area (Å²) in [6, 6.07) is 12.0. The summed E-state index contributed by atoms with van der Waals surface area (Å²) in [4.78, 5) is 28.8. The van der Waals surface area contributed by atoms with E-state index in [2.05, 4.69) is 34.5 Å². The SMILES string of the molecule is CN(C)c1ccc([C@@H]2CC(=O)Nc3cc(N4CCCC4)c(C(N)=O)cc32)cc1. The predicted molar refractivity (Wildman–Crippen MR) is 112 cm³/mol. The molecule has 1 atom stereocenters. The van der Waals surface area contributed by atoms with Crippen LogP contribution in [0.5, 0.6) is 0 Å². The van der Waals surface area contributed by atoms with Gasteiger partial charge in [0.25, 0.3) is 5.91 Å². The van der Waals surface area contributed by atoms with Crippen molar-refractivity contribution in [1.29, 1.82) is 0 Å². The number of anilines is 3. The number of primary amides is 1. The third kappa shape index (κ3) is 3.30. The Morgan fingerprint density at radius 2 is 1.82 bits per heavy atom. The lowest BCUT2D eigenvalue weighted by Gasteiger charge is -2.30. The van der Waals surface area contributed by atoms with Crippen molar-refractivity contribution < 1.29 is 9.59 Å². The van der Waals surface area contributed by atoms with Gasteiger partial charge in [0.1, 0.15) is 0 Å². The molecule has 0 aromatic heterocycles. The highest BCUT2D eigenvalue weighted by Crippen LogP contribution is 2.41. The van der Waals surface area contributed by atoms with Gasteiger partial charge in [-0.25, -0.2) is 0 Å². The van der Waals surface area contributed by atoms with Gasteiger partial charge < -0.3 is 20.9 Å². The van der Waals surface area contributed by atoms with Crippen LogP contribution in [-0.4, -0.2) is 39.0 Å². The molecule has 6 heteroatoms. The van der Waals surface area contributed by atoms with Crippen molar-refractivity contribution in [1.82, 2.24) is 0 Å². The second kappa shape index (κ2) is 7.19. The fourth-order valence-corrected chi connectivity index (χ4v) is 4.22. The van der Waals surface area contributed by atoms with Crippen LogP contribution in [0.25, 0.3) is 0 Å². The first-order chi connectivity index (χ1) is 13.4. The highest BCUT2D eigenvalue weighted by molar-refractivity contribution is 6.03. The zero-order chi connectivity index (χ0) is 19.8. The molecule has 2 aromatic carbocycles. The van der Waals surface area contributed by atoms with Crippen molar-refractivity contribution in [3.05, 3.63) is 53.1 Å². The minimum absolute atomic E-state index is 0.00613. The molecule has 0 bridgehead atoms. The second-order valence-electron chi connectivity index (χ2n) is 7.81. The Hall–Kier alpha value is -3.02. The summed E-state index contributed by atoms with van der Waals surface area (Å²) in [6.07, 6.45) is 2.56. The largest absolute Gasteiger partial charge is 0.378 e. The van der Waals surface area contributed by atoms with Crippen LogP contribution in [0.15, 0.2) is 36.4 Å². The Labute approximate surface area is 165 Å². The number of nitrogens with one attached hydrogen (secondary N) is 1. The van der Waals surface area contributed by atoms with E-state index in [1.54, 1.807) is 0 Å². The van der Waals surface area contributed by atoms with E-state index in [-0.39, 0.29) is 11.8 Å². The lowest BCUT2D eigenvalue weighted by molar-refractivity contribution is -0.116. The van der Waals surface area contributed by atoms with Crippen molar-refractivity contribution in [2.24, 2.45) is 5.73 Å². The van der Waals surface area contributed by atoms with Crippen LogP contribution in [0.3, 0.4) is 0 Å². The average molecular weight is 378 g/mol.